The number of ether oxygens (including phenoxy) is 3. The van der Waals surface area contributed by atoms with Crippen LogP contribution in [0.15, 0.2) is 65.3 Å². The fraction of sp³-hybridized carbons (Fsp3) is 0.379. The summed E-state index contributed by atoms with van der Waals surface area (Å²) in [6, 6.07) is 14.2. The average molecular weight is 555 g/mol. The van der Waals surface area contributed by atoms with E-state index in [0.29, 0.717) is 49.2 Å². The van der Waals surface area contributed by atoms with Gasteiger partial charge in [-0.05, 0) is 42.0 Å². The van der Waals surface area contributed by atoms with E-state index < -0.39 is 6.03 Å². The number of furan rings is 1. The van der Waals surface area contributed by atoms with Crippen molar-refractivity contribution in [2.24, 2.45) is 0 Å². The second-order valence-corrected chi connectivity index (χ2v) is 9.33. The van der Waals surface area contributed by atoms with E-state index in [1.165, 1.54) is 24.1 Å². The molecular formula is C29H35FN4O6. The molecule has 1 fully saturated rings. The van der Waals surface area contributed by atoms with Crippen molar-refractivity contribution in [3.63, 3.8) is 0 Å². The van der Waals surface area contributed by atoms with Gasteiger partial charge in [-0.1, -0.05) is 12.1 Å². The van der Waals surface area contributed by atoms with Gasteiger partial charge in [0.25, 0.3) is 0 Å². The molecule has 1 aliphatic rings. The summed E-state index contributed by atoms with van der Waals surface area (Å²) >= 11 is 0. The Morgan fingerprint density at radius 3 is 2.45 bits per heavy atom. The molecule has 11 heteroatoms. The zero-order valence-electron chi connectivity index (χ0n) is 22.8. The molecule has 0 saturated carbocycles. The molecule has 0 aliphatic carbocycles. The maximum absolute atomic E-state index is 13.7. The highest BCUT2D eigenvalue weighted by Crippen LogP contribution is 2.29. The lowest BCUT2D eigenvalue weighted by Gasteiger charge is -2.31. The van der Waals surface area contributed by atoms with Gasteiger partial charge in [0.05, 0.1) is 45.9 Å². The summed E-state index contributed by atoms with van der Waals surface area (Å²) in [4.78, 5) is 32.5. The number of halogens is 1. The molecule has 1 N–H and O–H groups in total. The quantitative estimate of drug-likeness (QED) is 0.364. The number of morpholine rings is 1. The lowest BCUT2D eigenvalue weighted by atomic mass is 10.2. The molecule has 4 rings (SSSR count). The maximum atomic E-state index is 13.7. The Bertz CT molecular complexity index is 1230. The molecule has 1 aromatic heterocycles. The number of carbonyl (C=O) groups excluding carboxylic acids is 2. The molecular weight excluding hydrogens is 519 g/mol. The largest absolute Gasteiger partial charge is 0.497 e. The highest BCUT2D eigenvalue weighted by molar-refractivity contribution is 5.93. The van der Waals surface area contributed by atoms with Crippen LogP contribution in [0.3, 0.4) is 0 Å². The van der Waals surface area contributed by atoms with Gasteiger partial charge in [-0.2, -0.15) is 0 Å². The molecule has 0 atom stereocenters. The van der Waals surface area contributed by atoms with Crippen molar-refractivity contribution >= 4 is 17.6 Å². The summed E-state index contributed by atoms with van der Waals surface area (Å²) in [5.74, 6) is 0.987. The number of carbonyl (C=O) groups is 2. The molecule has 10 nitrogen and oxygen atoms in total. The molecule has 214 valence electrons. The number of amides is 3. The molecule has 0 bridgehead atoms. The van der Waals surface area contributed by atoms with Crippen molar-refractivity contribution in [2.45, 2.75) is 13.1 Å². The minimum Gasteiger partial charge on any atom is -0.497 e. The summed E-state index contributed by atoms with van der Waals surface area (Å²) in [5.41, 5.74) is 1.21. The first-order chi connectivity index (χ1) is 19.4. The van der Waals surface area contributed by atoms with Crippen LogP contribution >= 0.6 is 0 Å². The van der Waals surface area contributed by atoms with Crippen molar-refractivity contribution in [2.75, 3.05) is 65.5 Å². The number of anilines is 1. The fourth-order valence-corrected chi connectivity index (χ4v) is 4.33. The van der Waals surface area contributed by atoms with E-state index in [-0.39, 0.29) is 31.4 Å². The zero-order valence-corrected chi connectivity index (χ0v) is 22.8. The summed E-state index contributed by atoms with van der Waals surface area (Å²) in [6.07, 6.45) is 1.54. The minimum atomic E-state index is -0.440. The summed E-state index contributed by atoms with van der Waals surface area (Å²) in [5, 5.41) is 2.88. The van der Waals surface area contributed by atoms with Gasteiger partial charge >= 0.3 is 6.03 Å². The first-order valence-corrected chi connectivity index (χ1v) is 13.1. The molecule has 40 heavy (non-hydrogen) atoms. The summed E-state index contributed by atoms with van der Waals surface area (Å²) < 4.78 is 35.1. The molecule has 3 aromatic rings. The smallest absolute Gasteiger partial charge is 0.322 e. The first-order valence-electron chi connectivity index (χ1n) is 13.1. The first kappa shape index (κ1) is 28.9. The van der Waals surface area contributed by atoms with Gasteiger partial charge in [0, 0.05) is 38.8 Å². The molecule has 2 heterocycles. The predicted octanol–water partition coefficient (Wildman–Crippen LogP) is 3.83. The number of rotatable bonds is 12. The number of hydrogen-bond donors (Lipinski definition) is 1. The van der Waals surface area contributed by atoms with Gasteiger partial charge in [-0.25, -0.2) is 9.18 Å². The van der Waals surface area contributed by atoms with Crippen LogP contribution in [0.5, 0.6) is 11.5 Å². The lowest BCUT2D eigenvalue weighted by molar-refractivity contribution is -0.133. The summed E-state index contributed by atoms with van der Waals surface area (Å²) in [7, 11) is 3.05. The summed E-state index contributed by atoms with van der Waals surface area (Å²) in [6.45, 7) is 3.93. The molecule has 1 aliphatic heterocycles. The number of hydrogen-bond acceptors (Lipinski definition) is 7. The van der Waals surface area contributed by atoms with Crippen LogP contribution in [0.2, 0.25) is 0 Å². The van der Waals surface area contributed by atoms with E-state index in [4.69, 9.17) is 18.6 Å². The number of benzene rings is 2. The second-order valence-electron chi connectivity index (χ2n) is 9.33. The number of nitrogens with one attached hydrogen (secondary N) is 1. The minimum absolute atomic E-state index is 0.170. The van der Waals surface area contributed by atoms with Gasteiger partial charge in [0.15, 0.2) is 0 Å². The number of urea groups is 1. The third kappa shape index (κ3) is 8.20. The van der Waals surface area contributed by atoms with Gasteiger partial charge < -0.3 is 33.7 Å². The van der Waals surface area contributed by atoms with E-state index >= 15 is 0 Å². The van der Waals surface area contributed by atoms with Crippen LogP contribution in [0, 0.1) is 5.82 Å². The van der Waals surface area contributed by atoms with Crippen molar-refractivity contribution in [1.29, 1.82) is 0 Å². The second kappa shape index (κ2) is 14.3. The molecule has 2 aromatic carbocycles. The van der Waals surface area contributed by atoms with E-state index in [0.717, 1.165) is 18.7 Å². The van der Waals surface area contributed by atoms with Crippen LogP contribution in [-0.2, 0) is 22.6 Å². The Balaban J connectivity index is 1.52. The van der Waals surface area contributed by atoms with Crippen molar-refractivity contribution in [1.82, 2.24) is 14.7 Å². The Kier molecular flexibility index (Phi) is 10.4. The van der Waals surface area contributed by atoms with Crippen LogP contribution in [0.4, 0.5) is 14.9 Å². The lowest BCUT2D eigenvalue weighted by Crippen LogP contribution is -2.48. The Morgan fingerprint density at radius 1 is 1.00 bits per heavy atom. The monoisotopic (exact) mass is 554 g/mol. The van der Waals surface area contributed by atoms with Crippen LogP contribution in [0.25, 0.3) is 0 Å². The predicted molar refractivity (Wildman–Crippen MR) is 147 cm³/mol. The van der Waals surface area contributed by atoms with Crippen LogP contribution < -0.4 is 14.8 Å². The number of nitrogens with zero attached hydrogens (tertiary/aromatic N) is 3. The Hall–Kier alpha value is -4.09. The normalized spacial score (nSPS) is 13.5. The SMILES string of the molecule is COc1ccc(NC(=O)N(CCN2CCOCC2)CC(=O)N(Cc2ccc(F)cc2)Cc2ccco2)c(OC)c1. The Labute approximate surface area is 233 Å². The third-order valence-corrected chi connectivity index (χ3v) is 6.62. The molecule has 0 spiro atoms. The van der Waals surface area contributed by atoms with Crippen LogP contribution in [0.1, 0.15) is 11.3 Å². The third-order valence-electron chi connectivity index (χ3n) is 6.62. The van der Waals surface area contributed by atoms with E-state index in [1.807, 2.05) is 0 Å². The molecule has 0 radical (unpaired) electrons. The molecule has 3 amide bonds. The molecule has 0 unspecified atom stereocenters. The topological polar surface area (TPSA) is 96.7 Å². The average Bonchev–Trinajstić information content (AvgIpc) is 3.49. The Morgan fingerprint density at radius 2 is 1.77 bits per heavy atom. The van der Waals surface area contributed by atoms with Crippen molar-refractivity contribution < 1.29 is 32.6 Å². The van der Waals surface area contributed by atoms with E-state index in [9.17, 15) is 14.0 Å². The number of methoxy groups -OCH3 is 2. The highest BCUT2D eigenvalue weighted by atomic mass is 19.1. The van der Waals surface area contributed by atoms with Crippen molar-refractivity contribution in [3.05, 3.63) is 78.0 Å². The van der Waals surface area contributed by atoms with Crippen molar-refractivity contribution in [3.8, 4) is 11.5 Å². The maximum Gasteiger partial charge on any atom is 0.322 e. The van der Waals surface area contributed by atoms with Gasteiger partial charge in [0.2, 0.25) is 5.91 Å². The van der Waals surface area contributed by atoms with Gasteiger partial charge in [0.1, 0.15) is 29.6 Å². The fourth-order valence-electron chi connectivity index (χ4n) is 4.33. The zero-order chi connectivity index (χ0) is 28.3. The van der Waals surface area contributed by atoms with Gasteiger partial charge in [-0.3, -0.25) is 9.69 Å². The molecule has 1 saturated heterocycles. The highest BCUT2D eigenvalue weighted by Gasteiger charge is 2.24. The van der Waals surface area contributed by atoms with E-state index in [1.54, 1.807) is 60.7 Å². The van der Waals surface area contributed by atoms with Crippen LogP contribution in [-0.4, -0.2) is 86.8 Å². The standard InChI is InChI=1S/C29H35FN4O6/c1-37-24-9-10-26(27(18-24)38-2)31-29(36)33(12-11-32-13-16-39-17-14-32)21-28(35)34(20-25-4-3-15-40-25)19-22-5-7-23(30)8-6-22/h3-10,15,18H,11-14,16-17,19-21H2,1-2H3,(H,31,36). The van der Waals surface area contributed by atoms with E-state index in [2.05, 4.69) is 10.2 Å². The van der Waals surface area contributed by atoms with Gasteiger partial charge in [-0.15, -0.1) is 0 Å².